The van der Waals surface area contributed by atoms with Crippen LogP contribution in [0.4, 0.5) is 0 Å². The van der Waals surface area contributed by atoms with E-state index in [4.69, 9.17) is 5.73 Å². The molecule has 1 unspecified atom stereocenters. The molecule has 1 atom stereocenters. The summed E-state index contributed by atoms with van der Waals surface area (Å²) in [6.07, 6.45) is 6.84. The third-order valence-electron chi connectivity index (χ3n) is 5.37. The van der Waals surface area contributed by atoms with Crippen LogP contribution in [0.2, 0.25) is 0 Å². The van der Waals surface area contributed by atoms with Gasteiger partial charge in [-0.05, 0) is 50.0 Å². The Morgan fingerprint density at radius 3 is 2.59 bits per heavy atom. The minimum Gasteiger partial charge on any atom is -0.329 e. The lowest BCUT2D eigenvalue weighted by Gasteiger charge is -2.57. The fourth-order valence-corrected chi connectivity index (χ4v) is 3.77. The van der Waals surface area contributed by atoms with Gasteiger partial charge in [0.1, 0.15) is 0 Å². The minimum absolute atomic E-state index is 0.378. The number of nitrogens with zero attached hydrogens (tertiary/aromatic N) is 1. The van der Waals surface area contributed by atoms with Crippen molar-refractivity contribution in [3.8, 4) is 0 Å². The molecule has 0 amide bonds. The predicted molar refractivity (Wildman–Crippen MR) is 73.9 cm³/mol. The van der Waals surface area contributed by atoms with Crippen LogP contribution in [-0.2, 0) is 0 Å². The molecule has 1 saturated heterocycles. The highest BCUT2D eigenvalue weighted by molar-refractivity contribution is 5.05. The van der Waals surface area contributed by atoms with Crippen LogP contribution >= 0.6 is 0 Å². The van der Waals surface area contributed by atoms with Crippen LogP contribution < -0.4 is 5.73 Å². The number of likely N-dealkylation sites (tertiary alicyclic amines) is 1. The lowest BCUT2D eigenvalue weighted by molar-refractivity contribution is -0.0556. The van der Waals surface area contributed by atoms with Gasteiger partial charge in [-0.15, -0.1) is 0 Å². The van der Waals surface area contributed by atoms with Crippen LogP contribution in [0.25, 0.3) is 0 Å². The zero-order valence-electron chi connectivity index (χ0n) is 11.9. The van der Waals surface area contributed by atoms with Gasteiger partial charge < -0.3 is 5.73 Å². The fraction of sp³-hybridized carbons (Fsp3) is 1.00. The minimum atomic E-state index is 0.378. The van der Waals surface area contributed by atoms with Crippen molar-refractivity contribution in [2.24, 2.45) is 23.5 Å². The van der Waals surface area contributed by atoms with Crippen molar-refractivity contribution in [3.05, 3.63) is 0 Å². The Morgan fingerprint density at radius 1 is 1.35 bits per heavy atom. The highest BCUT2D eigenvalue weighted by atomic mass is 15.2. The third-order valence-corrected chi connectivity index (χ3v) is 5.37. The molecule has 0 radical (unpaired) electrons. The number of nitrogens with two attached hydrogens (primary N) is 1. The second kappa shape index (κ2) is 5.27. The van der Waals surface area contributed by atoms with E-state index in [1.54, 1.807) is 0 Å². The maximum absolute atomic E-state index is 6.11. The molecule has 2 aliphatic rings. The molecule has 1 saturated carbocycles. The Balaban J connectivity index is 1.95. The molecule has 17 heavy (non-hydrogen) atoms. The van der Waals surface area contributed by atoms with Crippen molar-refractivity contribution >= 4 is 0 Å². The normalized spacial score (nSPS) is 39.4. The summed E-state index contributed by atoms with van der Waals surface area (Å²) in [7, 11) is 0. The Labute approximate surface area is 107 Å². The fourth-order valence-electron chi connectivity index (χ4n) is 3.77. The predicted octanol–water partition coefficient (Wildman–Crippen LogP) is 2.87. The van der Waals surface area contributed by atoms with E-state index in [-0.39, 0.29) is 0 Å². The van der Waals surface area contributed by atoms with Crippen molar-refractivity contribution in [3.63, 3.8) is 0 Å². The molecule has 2 heteroatoms. The number of rotatable bonds is 4. The van der Waals surface area contributed by atoms with E-state index in [2.05, 4.69) is 25.7 Å². The van der Waals surface area contributed by atoms with Crippen molar-refractivity contribution in [2.45, 2.75) is 58.4 Å². The summed E-state index contributed by atoms with van der Waals surface area (Å²) in [6, 6.07) is 0. The number of piperidine rings is 1. The zero-order valence-corrected chi connectivity index (χ0v) is 11.9. The molecule has 1 aliphatic carbocycles. The largest absolute Gasteiger partial charge is 0.329 e. The molecule has 0 spiro atoms. The summed E-state index contributed by atoms with van der Waals surface area (Å²) in [5.41, 5.74) is 6.48. The maximum atomic E-state index is 6.11. The smallest absolute Gasteiger partial charge is 0.0337 e. The molecule has 0 aromatic carbocycles. The molecule has 2 N–H and O–H groups in total. The average molecular weight is 238 g/mol. The molecule has 0 bridgehead atoms. The number of hydrogen-bond acceptors (Lipinski definition) is 2. The first kappa shape index (κ1) is 13.4. The summed E-state index contributed by atoms with van der Waals surface area (Å²) < 4.78 is 0. The van der Waals surface area contributed by atoms with Gasteiger partial charge in [0.2, 0.25) is 0 Å². The van der Waals surface area contributed by atoms with Gasteiger partial charge in [0, 0.05) is 18.6 Å². The monoisotopic (exact) mass is 238 g/mol. The van der Waals surface area contributed by atoms with Gasteiger partial charge in [-0.25, -0.2) is 0 Å². The molecular formula is C15H30N2. The standard InChI is InChI=1S/C15H30N2/c1-4-13-6-5-7-17(10-13)15(11-16)8-14(9-15)12(2)3/h12-14H,4-11,16H2,1-3H3. The van der Waals surface area contributed by atoms with Gasteiger partial charge in [0.25, 0.3) is 0 Å². The van der Waals surface area contributed by atoms with Gasteiger partial charge in [-0.3, -0.25) is 4.90 Å². The van der Waals surface area contributed by atoms with E-state index in [0.29, 0.717) is 5.54 Å². The molecule has 0 aromatic heterocycles. The number of hydrogen-bond donors (Lipinski definition) is 1. The Hall–Kier alpha value is -0.0800. The third kappa shape index (κ3) is 2.53. The van der Waals surface area contributed by atoms with E-state index in [1.165, 1.54) is 45.2 Å². The van der Waals surface area contributed by atoms with Gasteiger partial charge in [-0.1, -0.05) is 27.2 Å². The summed E-state index contributed by atoms with van der Waals surface area (Å²) in [6.45, 7) is 10.5. The lowest BCUT2D eigenvalue weighted by atomic mass is 9.62. The van der Waals surface area contributed by atoms with Crippen molar-refractivity contribution in [2.75, 3.05) is 19.6 Å². The van der Waals surface area contributed by atoms with Gasteiger partial charge >= 0.3 is 0 Å². The van der Waals surface area contributed by atoms with Gasteiger partial charge in [-0.2, -0.15) is 0 Å². The molecule has 1 aliphatic heterocycles. The molecule has 100 valence electrons. The van der Waals surface area contributed by atoms with Crippen LogP contribution in [0.1, 0.15) is 52.9 Å². The molecule has 2 rings (SSSR count). The quantitative estimate of drug-likeness (QED) is 0.816. The summed E-state index contributed by atoms with van der Waals surface area (Å²) in [5, 5.41) is 0. The van der Waals surface area contributed by atoms with E-state index < -0.39 is 0 Å². The van der Waals surface area contributed by atoms with Gasteiger partial charge in [0.15, 0.2) is 0 Å². The van der Waals surface area contributed by atoms with E-state index in [9.17, 15) is 0 Å². The highest BCUT2D eigenvalue weighted by Crippen LogP contribution is 2.46. The van der Waals surface area contributed by atoms with Crippen molar-refractivity contribution < 1.29 is 0 Å². The molecule has 2 fully saturated rings. The molecule has 1 heterocycles. The van der Waals surface area contributed by atoms with Crippen LogP contribution in [0.15, 0.2) is 0 Å². The Morgan fingerprint density at radius 2 is 2.06 bits per heavy atom. The summed E-state index contributed by atoms with van der Waals surface area (Å²) >= 11 is 0. The first-order valence-electron chi connectivity index (χ1n) is 7.56. The van der Waals surface area contributed by atoms with Crippen molar-refractivity contribution in [1.82, 2.24) is 4.90 Å². The first-order chi connectivity index (χ1) is 8.11. The van der Waals surface area contributed by atoms with Crippen LogP contribution in [0, 0.1) is 17.8 Å². The highest BCUT2D eigenvalue weighted by Gasteiger charge is 2.48. The second-order valence-electron chi connectivity index (χ2n) is 6.70. The zero-order chi connectivity index (χ0) is 12.5. The van der Waals surface area contributed by atoms with E-state index >= 15 is 0 Å². The maximum Gasteiger partial charge on any atom is 0.0337 e. The average Bonchev–Trinajstić information content (AvgIpc) is 2.28. The summed E-state index contributed by atoms with van der Waals surface area (Å²) in [4.78, 5) is 2.74. The topological polar surface area (TPSA) is 29.3 Å². The molecule has 2 nitrogen and oxygen atoms in total. The summed E-state index contributed by atoms with van der Waals surface area (Å²) in [5.74, 6) is 2.67. The Kier molecular flexibility index (Phi) is 4.14. The van der Waals surface area contributed by atoms with Gasteiger partial charge in [0.05, 0.1) is 0 Å². The SMILES string of the molecule is CCC1CCCN(C2(CN)CC(C(C)C)C2)C1. The van der Waals surface area contributed by atoms with E-state index in [1.807, 2.05) is 0 Å². The molecule has 0 aromatic rings. The lowest BCUT2D eigenvalue weighted by Crippen LogP contribution is -2.64. The van der Waals surface area contributed by atoms with Crippen LogP contribution in [0.5, 0.6) is 0 Å². The molecular weight excluding hydrogens is 208 g/mol. The van der Waals surface area contributed by atoms with E-state index in [0.717, 1.165) is 24.3 Å². The Bertz CT molecular complexity index is 243. The second-order valence-corrected chi connectivity index (χ2v) is 6.70. The van der Waals surface area contributed by atoms with Crippen molar-refractivity contribution in [1.29, 1.82) is 0 Å². The van der Waals surface area contributed by atoms with Crippen LogP contribution in [0.3, 0.4) is 0 Å². The first-order valence-corrected chi connectivity index (χ1v) is 7.56. The van der Waals surface area contributed by atoms with Crippen LogP contribution in [-0.4, -0.2) is 30.1 Å².